The predicted molar refractivity (Wildman–Crippen MR) is 105 cm³/mol. The predicted octanol–water partition coefficient (Wildman–Crippen LogP) is 3.80. The average Bonchev–Trinajstić information content (AvgIpc) is 2.49. The Morgan fingerprint density at radius 3 is 2.27 bits per heavy atom. The molecule has 0 spiro atoms. The molecule has 0 bridgehead atoms. The Morgan fingerprint density at radius 2 is 1.77 bits per heavy atom. The molecule has 0 radical (unpaired) electrons. The van der Waals surface area contributed by atoms with Crippen LogP contribution < -0.4 is 15.4 Å². The van der Waals surface area contributed by atoms with E-state index in [9.17, 15) is 0 Å². The van der Waals surface area contributed by atoms with Gasteiger partial charge in [-0.05, 0) is 43.4 Å². The molecule has 0 saturated carbocycles. The number of aliphatic imine (C=N–C) groups is 1. The van der Waals surface area contributed by atoms with Crippen LogP contribution >= 0.6 is 24.0 Å². The normalized spacial score (nSPS) is 12.5. The van der Waals surface area contributed by atoms with E-state index >= 15 is 0 Å². The summed E-state index contributed by atoms with van der Waals surface area (Å²) < 4.78 is 5.16. The van der Waals surface area contributed by atoms with E-state index in [1.807, 2.05) is 12.1 Å². The summed E-state index contributed by atoms with van der Waals surface area (Å²) in [5, 5.41) is 6.77. The smallest absolute Gasteiger partial charge is 0.191 e. The zero-order valence-corrected chi connectivity index (χ0v) is 16.7. The van der Waals surface area contributed by atoms with Gasteiger partial charge in [-0.2, -0.15) is 0 Å². The van der Waals surface area contributed by atoms with E-state index in [0.717, 1.165) is 30.6 Å². The number of benzene rings is 1. The number of ether oxygens (including phenoxy) is 1. The first-order chi connectivity index (χ1) is 10.0. The number of hydrogen-bond acceptors (Lipinski definition) is 2. The van der Waals surface area contributed by atoms with Gasteiger partial charge in [0.15, 0.2) is 5.96 Å². The van der Waals surface area contributed by atoms with Crippen molar-refractivity contribution in [2.24, 2.45) is 10.9 Å². The van der Waals surface area contributed by atoms with Crippen LogP contribution in [0.25, 0.3) is 0 Å². The van der Waals surface area contributed by atoms with Crippen molar-refractivity contribution < 1.29 is 4.74 Å². The van der Waals surface area contributed by atoms with Gasteiger partial charge < -0.3 is 15.4 Å². The summed E-state index contributed by atoms with van der Waals surface area (Å²) in [5.41, 5.74) is 1.20. The van der Waals surface area contributed by atoms with E-state index in [2.05, 4.69) is 48.5 Å². The fourth-order valence-corrected chi connectivity index (χ4v) is 2.01. The molecule has 1 aromatic rings. The minimum Gasteiger partial charge on any atom is -0.497 e. The molecule has 1 unspecified atom stereocenters. The monoisotopic (exact) mass is 419 g/mol. The quantitative estimate of drug-likeness (QED) is 0.402. The summed E-state index contributed by atoms with van der Waals surface area (Å²) in [6.07, 6.45) is 2.38. The van der Waals surface area contributed by atoms with Gasteiger partial charge in [-0.3, -0.25) is 4.99 Å². The molecule has 4 nitrogen and oxygen atoms in total. The maximum Gasteiger partial charge on any atom is 0.191 e. The zero-order valence-electron chi connectivity index (χ0n) is 14.3. The maximum atomic E-state index is 5.16. The van der Waals surface area contributed by atoms with Crippen LogP contribution in [0.2, 0.25) is 0 Å². The standard InChI is InChI=1S/C17H29N3O.HI/c1-13(2)6-7-14(3)20-17(18-4)19-12-15-8-10-16(21-5)11-9-15;/h8-11,13-14H,6-7,12H2,1-5H3,(H2,18,19,20);1H. The van der Waals surface area contributed by atoms with E-state index in [1.165, 1.54) is 12.0 Å². The average molecular weight is 419 g/mol. The molecule has 0 aliphatic heterocycles. The molecule has 22 heavy (non-hydrogen) atoms. The highest BCUT2D eigenvalue weighted by molar-refractivity contribution is 14.0. The van der Waals surface area contributed by atoms with E-state index < -0.39 is 0 Å². The largest absolute Gasteiger partial charge is 0.497 e. The van der Waals surface area contributed by atoms with Crippen LogP contribution in [0, 0.1) is 5.92 Å². The van der Waals surface area contributed by atoms with Crippen LogP contribution in [-0.2, 0) is 6.54 Å². The molecule has 0 aromatic heterocycles. The maximum absolute atomic E-state index is 5.16. The molecular formula is C17H30IN3O. The summed E-state index contributed by atoms with van der Waals surface area (Å²) >= 11 is 0. The third kappa shape index (κ3) is 8.46. The molecule has 126 valence electrons. The molecule has 0 amide bonds. The first-order valence-corrected chi connectivity index (χ1v) is 7.65. The summed E-state index contributed by atoms with van der Waals surface area (Å²) in [6.45, 7) is 7.45. The van der Waals surface area contributed by atoms with Crippen molar-refractivity contribution in [1.29, 1.82) is 0 Å². The molecule has 1 aromatic carbocycles. The van der Waals surface area contributed by atoms with Crippen LogP contribution in [0.5, 0.6) is 5.75 Å². The van der Waals surface area contributed by atoms with Crippen molar-refractivity contribution in [1.82, 2.24) is 10.6 Å². The summed E-state index contributed by atoms with van der Waals surface area (Å²) in [4.78, 5) is 4.27. The Morgan fingerprint density at radius 1 is 1.14 bits per heavy atom. The molecule has 0 aliphatic carbocycles. The van der Waals surface area contributed by atoms with Crippen molar-refractivity contribution in [2.75, 3.05) is 14.2 Å². The fourth-order valence-electron chi connectivity index (χ4n) is 2.01. The zero-order chi connectivity index (χ0) is 15.7. The van der Waals surface area contributed by atoms with E-state index in [1.54, 1.807) is 14.2 Å². The lowest BCUT2D eigenvalue weighted by Gasteiger charge is -2.18. The lowest BCUT2D eigenvalue weighted by atomic mass is 10.0. The second-order valence-corrected chi connectivity index (χ2v) is 5.79. The van der Waals surface area contributed by atoms with Crippen LogP contribution in [0.1, 0.15) is 39.2 Å². The number of nitrogens with one attached hydrogen (secondary N) is 2. The number of rotatable bonds is 7. The third-order valence-corrected chi connectivity index (χ3v) is 3.40. The second kappa shape index (κ2) is 11.6. The van der Waals surface area contributed by atoms with Gasteiger partial charge in [-0.25, -0.2) is 0 Å². The number of nitrogens with zero attached hydrogens (tertiary/aromatic N) is 1. The summed E-state index contributed by atoms with van der Waals surface area (Å²) in [6, 6.07) is 8.48. The van der Waals surface area contributed by atoms with Gasteiger partial charge in [0.05, 0.1) is 7.11 Å². The first kappa shape index (κ1) is 21.0. The Kier molecular flexibility index (Phi) is 11.1. The molecule has 5 heteroatoms. The topological polar surface area (TPSA) is 45.7 Å². The van der Waals surface area contributed by atoms with Gasteiger partial charge in [-0.15, -0.1) is 24.0 Å². The van der Waals surface area contributed by atoms with Crippen LogP contribution in [0.4, 0.5) is 0 Å². The third-order valence-electron chi connectivity index (χ3n) is 3.40. The Hall–Kier alpha value is -0.980. The minimum absolute atomic E-state index is 0. The molecule has 1 atom stereocenters. The molecule has 2 N–H and O–H groups in total. The van der Waals surface area contributed by atoms with Crippen LogP contribution in [0.15, 0.2) is 29.3 Å². The molecule has 1 rings (SSSR count). The number of hydrogen-bond donors (Lipinski definition) is 2. The van der Waals surface area contributed by atoms with E-state index in [4.69, 9.17) is 4.74 Å². The van der Waals surface area contributed by atoms with Crippen molar-refractivity contribution in [2.45, 2.75) is 46.2 Å². The highest BCUT2D eigenvalue weighted by atomic mass is 127. The SMILES string of the molecule is CN=C(NCc1ccc(OC)cc1)NC(C)CCC(C)C.I. The van der Waals surface area contributed by atoms with Crippen molar-refractivity contribution in [3.8, 4) is 5.75 Å². The Balaban J connectivity index is 0.00000441. The van der Waals surface area contributed by atoms with Gasteiger partial charge in [0, 0.05) is 19.6 Å². The first-order valence-electron chi connectivity index (χ1n) is 7.65. The van der Waals surface area contributed by atoms with Gasteiger partial charge in [0.1, 0.15) is 5.75 Å². The summed E-state index contributed by atoms with van der Waals surface area (Å²) in [7, 11) is 3.48. The molecule has 0 fully saturated rings. The fraction of sp³-hybridized carbons (Fsp3) is 0.588. The van der Waals surface area contributed by atoms with Gasteiger partial charge in [0.2, 0.25) is 0 Å². The lowest BCUT2D eigenvalue weighted by molar-refractivity contribution is 0.414. The number of methoxy groups -OCH3 is 1. The van der Waals surface area contributed by atoms with Gasteiger partial charge >= 0.3 is 0 Å². The molecule has 0 heterocycles. The van der Waals surface area contributed by atoms with Gasteiger partial charge in [-0.1, -0.05) is 26.0 Å². The Bertz CT molecular complexity index is 432. The van der Waals surface area contributed by atoms with Crippen LogP contribution in [0.3, 0.4) is 0 Å². The van der Waals surface area contributed by atoms with Gasteiger partial charge in [0.25, 0.3) is 0 Å². The molecule has 0 saturated heterocycles. The van der Waals surface area contributed by atoms with E-state index in [-0.39, 0.29) is 24.0 Å². The molecule has 0 aliphatic rings. The van der Waals surface area contributed by atoms with Crippen molar-refractivity contribution in [3.05, 3.63) is 29.8 Å². The van der Waals surface area contributed by atoms with E-state index in [0.29, 0.717) is 6.04 Å². The van der Waals surface area contributed by atoms with Crippen molar-refractivity contribution in [3.63, 3.8) is 0 Å². The summed E-state index contributed by atoms with van der Waals surface area (Å²) in [5.74, 6) is 2.47. The lowest BCUT2D eigenvalue weighted by Crippen LogP contribution is -2.41. The van der Waals surface area contributed by atoms with Crippen LogP contribution in [-0.4, -0.2) is 26.2 Å². The second-order valence-electron chi connectivity index (χ2n) is 5.79. The highest BCUT2D eigenvalue weighted by Gasteiger charge is 2.06. The highest BCUT2D eigenvalue weighted by Crippen LogP contribution is 2.11. The Labute approximate surface area is 152 Å². The van der Waals surface area contributed by atoms with Crippen molar-refractivity contribution >= 4 is 29.9 Å². The minimum atomic E-state index is 0. The number of guanidine groups is 1. The number of halogens is 1. The molecular weight excluding hydrogens is 389 g/mol.